The summed E-state index contributed by atoms with van der Waals surface area (Å²) in [6.07, 6.45) is 0.786. The third kappa shape index (κ3) is 8.96. The summed E-state index contributed by atoms with van der Waals surface area (Å²) in [4.78, 5) is 0. The maximum absolute atomic E-state index is 10.3. The zero-order valence-corrected chi connectivity index (χ0v) is 10.8. The van der Waals surface area contributed by atoms with Gasteiger partial charge in [0.15, 0.2) is 0 Å². The van der Waals surface area contributed by atoms with Crippen molar-refractivity contribution in [2.24, 2.45) is 0 Å². The van der Waals surface area contributed by atoms with Gasteiger partial charge >= 0.3 is 31.1 Å². The number of hydrogen-bond acceptors (Lipinski definition) is 3. The van der Waals surface area contributed by atoms with Gasteiger partial charge in [-0.25, -0.2) is 0 Å². The van der Waals surface area contributed by atoms with Crippen molar-refractivity contribution >= 4 is 10.1 Å². The second-order valence-corrected chi connectivity index (χ2v) is 3.31. The maximum Gasteiger partial charge on any atom is 2.00 e. The van der Waals surface area contributed by atoms with Crippen LogP contribution in [0.15, 0.2) is 0 Å². The van der Waals surface area contributed by atoms with Crippen LogP contribution < -0.4 is 0 Å². The molecule has 10 heavy (non-hydrogen) atoms. The zero-order chi connectivity index (χ0) is 7.49. The monoisotopic (exact) mass is 388 g/mol. The largest absolute Gasteiger partial charge is 2.00 e. The Morgan fingerprint density at radius 1 is 1.60 bits per heavy atom. The van der Waals surface area contributed by atoms with Gasteiger partial charge in [0.25, 0.3) is 10.1 Å². The minimum absolute atomic E-state index is 0. The fraction of sp³-hybridized carbons (Fsp3) is 0.600. The van der Waals surface area contributed by atoms with Crippen LogP contribution in [0.4, 0.5) is 0 Å². The Morgan fingerprint density at radius 2 is 2.00 bits per heavy atom. The van der Waals surface area contributed by atoms with Crippen LogP contribution in [-0.4, -0.2) is 20.8 Å². The average Bonchev–Trinajstić information content (AvgIpc) is 1.62. The number of hydrogen-bond donors (Lipinski definition) is 0. The molecule has 0 aliphatic heterocycles. The molecule has 0 N–H and O–H groups in total. The smallest absolute Gasteiger partial charge is 0.343 e. The Kier molecular flexibility index (Phi) is 7.57. The topological polar surface area (TPSA) is 43.4 Å². The molecule has 0 aromatic rings. The minimum Gasteiger partial charge on any atom is -0.343 e. The van der Waals surface area contributed by atoms with Crippen LogP contribution in [0.25, 0.3) is 0 Å². The van der Waals surface area contributed by atoms with Crippen LogP contribution in [0.3, 0.4) is 0 Å². The Balaban J connectivity index is 0. The quantitative estimate of drug-likeness (QED) is 0.519. The standard InChI is InChI=1S/C5H10O3S.U/c1-4-5(2)8-9(3,6)7;/h5H,1-2,4H2,3H3;/q-2;+2. The first-order valence-corrected chi connectivity index (χ1v) is 4.28. The van der Waals surface area contributed by atoms with Gasteiger partial charge in [-0.2, -0.15) is 14.8 Å². The summed E-state index contributed by atoms with van der Waals surface area (Å²) < 4.78 is 25.0. The summed E-state index contributed by atoms with van der Waals surface area (Å²) in [6.45, 7) is 6.80. The molecule has 0 aromatic carbocycles. The van der Waals surface area contributed by atoms with E-state index >= 15 is 0 Å². The van der Waals surface area contributed by atoms with Crippen molar-refractivity contribution in [1.29, 1.82) is 0 Å². The van der Waals surface area contributed by atoms with Gasteiger partial charge in [-0.3, -0.25) is 0 Å². The Hall–Kier alpha value is 0.962. The van der Waals surface area contributed by atoms with E-state index in [0.717, 1.165) is 6.26 Å². The zero-order valence-electron chi connectivity index (χ0n) is 5.83. The van der Waals surface area contributed by atoms with E-state index < -0.39 is 16.2 Å². The van der Waals surface area contributed by atoms with Crippen LogP contribution in [0.1, 0.15) is 6.42 Å². The summed E-state index contributed by atoms with van der Waals surface area (Å²) >= 11 is 0. The summed E-state index contributed by atoms with van der Waals surface area (Å²) in [6, 6.07) is 0. The van der Waals surface area contributed by atoms with Gasteiger partial charge in [0.2, 0.25) is 0 Å². The van der Waals surface area contributed by atoms with Crippen LogP contribution in [0, 0.1) is 45.0 Å². The molecule has 0 bridgehead atoms. The SMILES string of the molecule is [CH2-]CC([CH2-])OS(C)(=O)=O.[U+2]. The normalized spacial score (nSPS) is 13.9. The van der Waals surface area contributed by atoms with E-state index in [-0.39, 0.29) is 31.1 Å². The van der Waals surface area contributed by atoms with Crippen molar-refractivity contribution in [1.82, 2.24) is 0 Å². The van der Waals surface area contributed by atoms with Gasteiger partial charge in [-0.05, 0) is 0 Å². The molecule has 0 aromatic heterocycles. The van der Waals surface area contributed by atoms with Crippen LogP contribution in [-0.2, 0) is 14.3 Å². The molecule has 1 unspecified atom stereocenters. The first kappa shape index (κ1) is 13.5. The summed E-state index contributed by atoms with van der Waals surface area (Å²) in [5.41, 5.74) is 0. The Morgan fingerprint density at radius 3 is 2.10 bits per heavy atom. The third-order valence-corrected chi connectivity index (χ3v) is 1.25. The van der Waals surface area contributed by atoms with Crippen LogP contribution >= 0.6 is 0 Å². The maximum atomic E-state index is 10.3. The molecule has 3 nitrogen and oxygen atoms in total. The Labute approximate surface area is 86.0 Å². The minimum atomic E-state index is -3.34. The molecule has 0 aliphatic rings. The van der Waals surface area contributed by atoms with E-state index in [0.29, 0.717) is 6.42 Å². The fourth-order valence-electron chi connectivity index (χ4n) is 0.295. The van der Waals surface area contributed by atoms with Crippen LogP contribution in [0.5, 0.6) is 0 Å². The molecule has 0 spiro atoms. The van der Waals surface area contributed by atoms with E-state index in [9.17, 15) is 8.42 Å². The van der Waals surface area contributed by atoms with Crippen molar-refractivity contribution in [3.8, 4) is 0 Å². The van der Waals surface area contributed by atoms with E-state index in [1.807, 2.05) is 0 Å². The Bertz CT molecular complexity index is 164. The van der Waals surface area contributed by atoms with Crippen molar-refractivity contribution in [3.63, 3.8) is 0 Å². The van der Waals surface area contributed by atoms with Gasteiger partial charge < -0.3 is 18.0 Å². The molecule has 1 atom stereocenters. The van der Waals surface area contributed by atoms with E-state index in [2.05, 4.69) is 18.0 Å². The van der Waals surface area contributed by atoms with Gasteiger partial charge in [0, 0.05) is 0 Å². The van der Waals surface area contributed by atoms with Crippen molar-refractivity contribution in [2.45, 2.75) is 12.5 Å². The molecular formula is C5H10O3SU. The molecule has 0 rings (SSSR count). The number of rotatable bonds is 3. The molecule has 0 heterocycles. The van der Waals surface area contributed by atoms with Gasteiger partial charge in [0.1, 0.15) is 0 Å². The second kappa shape index (κ2) is 5.59. The first-order chi connectivity index (χ1) is 3.95. The first-order valence-electron chi connectivity index (χ1n) is 2.46. The summed E-state index contributed by atoms with van der Waals surface area (Å²) in [5.74, 6) is 0. The molecule has 0 radical (unpaired) electrons. The summed E-state index contributed by atoms with van der Waals surface area (Å²) in [5, 5.41) is 0. The van der Waals surface area contributed by atoms with Crippen molar-refractivity contribution < 1.29 is 43.7 Å². The molecule has 0 aliphatic carbocycles. The van der Waals surface area contributed by atoms with Gasteiger partial charge in [0.05, 0.1) is 6.26 Å². The van der Waals surface area contributed by atoms with E-state index in [1.54, 1.807) is 0 Å². The predicted octanol–water partition coefficient (Wildman–Crippen LogP) is 0.389. The molecule has 0 fully saturated rings. The second-order valence-electron chi connectivity index (χ2n) is 1.71. The van der Waals surface area contributed by atoms with Crippen molar-refractivity contribution in [2.75, 3.05) is 6.26 Å². The average molecular weight is 388 g/mol. The molecule has 0 amide bonds. The molecule has 58 valence electrons. The van der Waals surface area contributed by atoms with E-state index in [4.69, 9.17) is 0 Å². The fourth-order valence-corrected chi connectivity index (χ4v) is 0.886. The molecule has 0 saturated carbocycles. The summed E-state index contributed by atoms with van der Waals surface area (Å²) in [7, 11) is -3.34. The van der Waals surface area contributed by atoms with Crippen molar-refractivity contribution in [3.05, 3.63) is 13.8 Å². The molecule has 5 heteroatoms. The third-order valence-electron chi connectivity index (χ3n) is 0.633. The van der Waals surface area contributed by atoms with Gasteiger partial charge in [-0.15, -0.1) is 0 Å². The van der Waals surface area contributed by atoms with E-state index in [1.165, 1.54) is 0 Å². The van der Waals surface area contributed by atoms with Gasteiger partial charge in [-0.1, -0.05) is 6.10 Å². The van der Waals surface area contributed by atoms with Crippen LogP contribution in [0.2, 0.25) is 0 Å². The molecule has 0 saturated heterocycles. The predicted molar refractivity (Wildman–Crippen MR) is 35.0 cm³/mol. The molecular weight excluding hydrogens is 378 g/mol.